The molecule has 0 fully saturated rings. The van der Waals surface area contributed by atoms with Gasteiger partial charge in [-0.1, -0.05) is 12.1 Å². The summed E-state index contributed by atoms with van der Waals surface area (Å²) in [7, 11) is 1.68. The molecule has 1 aromatic rings. The van der Waals surface area contributed by atoms with Crippen LogP contribution < -0.4 is 4.90 Å². The van der Waals surface area contributed by atoms with Gasteiger partial charge in [-0.2, -0.15) is 0 Å². The quantitative estimate of drug-likeness (QED) is 0.711. The predicted octanol–water partition coefficient (Wildman–Crippen LogP) is 1.33. The lowest BCUT2D eigenvalue weighted by Crippen LogP contribution is -2.13. The standard InChI is InChI=1S/C10H13NO2/c1-8(13)9-3-5-10(6-4-9)11(2)7-12/h3-8,13H,1-2H3/t8-/m1/s1. The molecular weight excluding hydrogens is 166 g/mol. The highest BCUT2D eigenvalue weighted by atomic mass is 16.3. The Morgan fingerprint density at radius 3 is 2.31 bits per heavy atom. The van der Waals surface area contributed by atoms with E-state index in [4.69, 9.17) is 0 Å². The van der Waals surface area contributed by atoms with Crippen molar-refractivity contribution in [1.82, 2.24) is 0 Å². The summed E-state index contributed by atoms with van der Waals surface area (Å²) in [5.41, 5.74) is 1.67. The van der Waals surface area contributed by atoms with Crippen molar-refractivity contribution < 1.29 is 9.90 Å². The molecule has 0 saturated carbocycles. The Kier molecular flexibility index (Phi) is 3.03. The largest absolute Gasteiger partial charge is 0.389 e. The number of aliphatic hydroxyl groups excluding tert-OH is 1. The molecule has 0 saturated heterocycles. The summed E-state index contributed by atoms with van der Waals surface area (Å²) < 4.78 is 0. The first-order chi connectivity index (χ1) is 6.15. The fourth-order valence-electron chi connectivity index (χ4n) is 1.05. The van der Waals surface area contributed by atoms with Crippen LogP contribution in [0.1, 0.15) is 18.6 Å². The smallest absolute Gasteiger partial charge is 0.213 e. The highest BCUT2D eigenvalue weighted by molar-refractivity contribution is 5.74. The molecule has 0 aromatic heterocycles. The SMILES string of the molecule is C[C@@H](O)c1ccc(N(C)C=O)cc1. The molecule has 3 nitrogen and oxygen atoms in total. The summed E-state index contributed by atoms with van der Waals surface area (Å²) in [6, 6.07) is 7.22. The number of carbonyl (C=O) groups excluding carboxylic acids is 1. The molecule has 0 radical (unpaired) electrons. The topological polar surface area (TPSA) is 40.5 Å². The van der Waals surface area contributed by atoms with Crippen LogP contribution in [-0.4, -0.2) is 18.6 Å². The maximum absolute atomic E-state index is 10.4. The summed E-state index contributed by atoms with van der Waals surface area (Å²) >= 11 is 0. The third-order valence-corrected chi connectivity index (χ3v) is 1.94. The van der Waals surface area contributed by atoms with Crippen LogP contribution in [0.2, 0.25) is 0 Å². The van der Waals surface area contributed by atoms with E-state index in [0.29, 0.717) is 0 Å². The van der Waals surface area contributed by atoms with Gasteiger partial charge in [0.2, 0.25) is 6.41 Å². The molecular formula is C10H13NO2. The van der Waals surface area contributed by atoms with Crippen molar-refractivity contribution in [2.45, 2.75) is 13.0 Å². The summed E-state index contributed by atoms with van der Waals surface area (Å²) in [6.45, 7) is 1.71. The van der Waals surface area contributed by atoms with Crippen LogP contribution in [0.5, 0.6) is 0 Å². The van der Waals surface area contributed by atoms with Gasteiger partial charge in [-0.15, -0.1) is 0 Å². The molecule has 13 heavy (non-hydrogen) atoms. The van der Waals surface area contributed by atoms with Crippen molar-refractivity contribution in [2.24, 2.45) is 0 Å². The molecule has 0 aliphatic rings. The molecule has 1 amide bonds. The highest BCUT2D eigenvalue weighted by Crippen LogP contribution is 2.16. The summed E-state index contributed by atoms with van der Waals surface area (Å²) in [5, 5.41) is 9.23. The Balaban J connectivity index is 2.87. The molecule has 0 aliphatic carbocycles. The Hall–Kier alpha value is -1.35. The van der Waals surface area contributed by atoms with Gasteiger partial charge < -0.3 is 10.0 Å². The van der Waals surface area contributed by atoms with E-state index in [-0.39, 0.29) is 0 Å². The predicted molar refractivity (Wildman–Crippen MR) is 51.5 cm³/mol. The van der Waals surface area contributed by atoms with Gasteiger partial charge in [-0.3, -0.25) is 4.79 Å². The molecule has 0 aliphatic heterocycles. The lowest BCUT2D eigenvalue weighted by atomic mass is 10.1. The first-order valence-electron chi connectivity index (χ1n) is 4.11. The van der Waals surface area contributed by atoms with Gasteiger partial charge in [-0.25, -0.2) is 0 Å². The van der Waals surface area contributed by atoms with Crippen LogP contribution in [0.3, 0.4) is 0 Å². The van der Waals surface area contributed by atoms with E-state index in [2.05, 4.69) is 0 Å². The molecule has 1 aromatic carbocycles. The Morgan fingerprint density at radius 2 is 1.92 bits per heavy atom. The van der Waals surface area contributed by atoms with Crippen molar-refractivity contribution in [3.05, 3.63) is 29.8 Å². The van der Waals surface area contributed by atoms with E-state index in [1.807, 2.05) is 0 Å². The average molecular weight is 179 g/mol. The fraction of sp³-hybridized carbons (Fsp3) is 0.300. The number of amides is 1. The van der Waals surface area contributed by atoms with E-state index in [1.54, 1.807) is 38.2 Å². The van der Waals surface area contributed by atoms with Gasteiger partial charge in [0.05, 0.1) is 6.10 Å². The Labute approximate surface area is 77.6 Å². The number of nitrogens with zero attached hydrogens (tertiary/aromatic N) is 1. The van der Waals surface area contributed by atoms with Crippen LogP contribution in [0.4, 0.5) is 5.69 Å². The lowest BCUT2D eigenvalue weighted by molar-refractivity contribution is -0.107. The second-order valence-corrected chi connectivity index (χ2v) is 2.98. The van der Waals surface area contributed by atoms with Crippen molar-refractivity contribution in [3.8, 4) is 0 Å². The number of hydrogen-bond donors (Lipinski definition) is 1. The summed E-state index contributed by atoms with van der Waals surface area (Å²) in [4.78, 5) is 11.9. The van der Waals surface area contributed by atoms with Crippen molar-refractivity contribution in [3.63, 3.8) is 0 Å². The Morgan fingerprint density at radius 1 is 1.38 bits per heavy atom. The van der Waals surface area contributed by atoms with E-state index < -0.39 is 6.10 Å². The second kappa shape index (κ2) is 4.05. The van der Waals surface area contributed by atoms with Crippen LogP contribution >= 0.6 is 0 Å². The molecule has 1 rings (SSSR count). The Bertz CT molecular complexity index is 279. The zero-order valence-electron chi connectivity index (χ0n) is 7.77. The zero-order valence-corrected chi connectivity index (χ0v) is 7.77. The van der Waals surface area contributed by atoms with Crippen LogP contribution in [-0.2, 0) is 4.79 Å². The highest BCUT2D eigenvalue weighted by Gasteiger charge is 2.01. The fourth-order valence-corrected chi connectivity index (χ4v) is 1.05. The van der Waals surface area contributed by atoms with Crippen LogP contribution in [0.25, 0.3) is 0 Å². The molecule has 1 N–H and O–H groups in total. The minimum absolute atomic E-state index is 0.462. The molecule has 1 atom stereocenters. The number of benzene rings is 1. The first kappa shape index (κ1) is 9.74. The zero-order chi connectivity index (χ0) is 9.84. The van der Waals surface area contributed by atoms with E-state index in [9.17, 15) is 9.90 Å². The summed E-state index contributed by atoms with van der Waals surface area (Å²) in [5.74, 6) is 0. The molecule has 0 heterocycles. The molecule has 0 spiro atoms. The van der Waals surface area contributed by atoms with Crippen molar-refractivity contribution in [2.75, 3.05) is 11.9 Å². The summed E-state index contributed by atoms with van der Waals surface area (Å²) in [6.07, 6.45) is 0.285. The normalized spacial score (nSPS) is 12.2. The van der Waals surface area contributed by atoms with Crippen molar-refractivity contribution >= 4 is 12.1 Å². The van der Waals surface area contributed by atoms with Gasteiger partial charge in [0.25, 0.3) is 0 Å². The monoisotopic (exact) mass is 179 g/mol. The lowest BCUT2D eigenvalue weighted by Gasteiger charge is -2.11. The van der Waals surface area contributed by atoms with Gasteiger partial charge in [-0.05, 0) is 24.6 Å². The van der Waals surface area contributed by atoms with E-state index in [0.717, 1.165) is 17.7 Å². The minimum Gasteiger partial charge on any atom is -0.389 e. The molecule has 3 heteroatoms. The maximum Gasteiger partial charge on any atom is 0.213 e. The van der Waals surface area contributed by atoms with Crippen LogP contribution in [0, 0.1) is 0 Å². The average Bonchev–Trinajstić information content (AvgIpc) is 2.17. The van der Waals surface area contributed by atoms with E-state index >= 15 is 0 Å². The van der Waals surface area contributed by atoms with Crippen molar-refractivity contribution in [1.29, 1.82) is 0 Å². The molecule has 70 valence electrons. The van der Waals surface area contributed by atoms with Gasteiger partial charge >= 0.3 is 0 Å². The number of aliphatic hydroxyl groups is 1. The van der Waals surface area contributed by atoms with E-state index in [1.165, 1.54) is 4.90 Å². The molecule has 0 bridgehead atoms. The number of anilines is 1. The van der Waals surface area contributed by atoms with Gasteiger partial charge in [0.15, 0.2) is 0 Å². The van der Waals surface area contributed by atoms with Gasteiger partial charge in [0.1, 0.15) is 0 Å². The van der Waals surface area contributed by atoms with Gasteiger partial charge in [0, 0.05) is 12.7 Å². The maximum atomic E-state index is 10.4. The third kappa shape index (κ3) is 2.29. The molecule has 0 unspecified atom stereocenters. The third-order valence-electron chi connectivity index (χ3n) is 1.94. The van der Waals surface area contributed by atoms with Crippen LogP contribution in [0.15, 0.2) is 24.3 Å². The minimum atomic E-state index is -0.462. The number of hydrogen-bond acceptors (Lipinski definition) is 2. The second-order valence-electron chi connectivity index (χ2n) is 2.98. The first-order valence-corrected chi connectivity index (χ1v) is 4.11. The number of carbonyl (C=O) groups is 1. The number of rotatable bonds is 3.